The fourth-order valence-electron chi connectivity index (χ4n) is 2.12. The number of fused-ring (bicyclic) bond motifs is 1. The second-order valence-corrected chi connectivity index (χ2v) is 8.78. The van der Waals surface area contributed by atoms with E-state index < -0.39 is 0 Å². The third-order valence-electron chi connectivity index (χ3n) is 2.97. The molecule has 1 unspecified atom stereocenters. The van der Waals surface area contributed by atoms with E-state index in [0.717, 1.165) is 0 Å². The molecule has 1 atom stereocenters. The van der Waals surface area contributed by atoms with E-state index in [1.54, 1.807) is 11.3 Å². The third kappa shape index (κ3) is 2.18. The van der Waals surface area contributed by atoms with Crippen molar-refractivity contribution in [2.24, 2.45) is 0 Å². The van der Waals surface area contributed by atoms with E-state index in [0.29, 0.717) is 6.04 Å². The zero-order chi connectivity index (χ0) is 12.7. The highest BCUT2D eigenvalue weighted by atomic mass is 79.9. The van der Waals surface area contributed by atoms with Gasteiger partial charge in [-0.1, -0.05) is 0 Å². The molecule has 0 saturated heterocycles. The van der Waals surface area contributed by atoms with E-state index >= 15 is 0 Å². The number of halogens is 1. The Bertz CT molecular complexity index is 651. The Labute approximate surface area is 127 Å². The van der Waals surface area contributed by atoms with Crippen molar-refractivity contribution >= 4 is 59.3 Å². The van der Waals surface area contributed by atoms with Crippen molar-refractivity contribution in [1.29, 1.82) is 0 Å². The molecule has 3 heterocycles. The minimum absolute atomic E-state index is 0.303. The van der Waals surface area contributed by atoms with Crippen LogP contribution >= 0.6 is 49.9 Å². The lowest BCUT2D eigenvalue weighted by Gasteiger charge is -2.14. The minimum atomic E-state index is 0.303. The zero-order valence-corrected chi connectivity index (χ0v) is 14.0. The van der Waals surface area contributed by atoms with Gasteiger partial charge >= 0.3 is 0 Å². The van der Waals surface area contributed by atoms with Crippen LogP contribution in [0.2, 0.25) is 0 Å². The fraction of sp³-hybridized carbons (Fsp3) is 0.231. The summed E-state index contributed by atoms with van der Waals surface area (Å²) < 4.78 is 3.98. The first kappa shape index (κ1) is 12.8. The van der Waals surface area contributed by atoms with Crippen LogP contribution in [-0.2, 0) is 0 Å². The highest BCUT2D eigenvalue weighted by Gasteiger charge is 2.19. The van der Waals surface area contributed by atoms with Crippen LogP contribution in [0.15, 0.2) is 27.4 Å². The maximum Gasteiger partial charge on any atom is 0.0704 e. The molecule has 5 heteroatoms. The van der Waals surface area contributed by atoms with Crippen LogP contribution < -0.4 is 5.32 Å². The molecular weight excluding hydrogens is 346 g/mol. The Morgan fingerprint density at radius 2 is 2.06 bits per heavy atom. The molecule has 1 N–H and O–H groups in total. The first-order valence-electron chi connectivity index (χ1n) is 5.59. The van der Waals surface area contributed by atoms with E-state index in [9.17, 15) is 0 Å². The molecule has 0 amide bonds. The van der Waals surface area contributed by atoms with Gasteiger partial charge in [-0.05, 0) is 59.0 Å². The topological polar surface area (TPSA) is 12.0 Å². The summed E-state index contributed by atoms with van der Waals surface area (Å²) in [5.74, 6) is 0. The average Bonchev–Trinajstić information content (AvgIpc) is 2.95. The van der Waals surface area contributed by atoms with Crippen molar-refractivity contribution in [3.63, 3.8) is 0 Å². The summed E-state index contributed by atoms with van der Waals surface area (Å²) in [6, 6.07) is 7.06. The standard InChI is InChI=1S/C13H12BrNS3/c1-7-8(5-12(14)17-7)13(15-2)11-6-10-9(18-11)3-4-16-10/h3-6,13,15H,1-2H3. The van der Waals surface area contributed by atoms with Gasteiger partial charge in [0.05, 0.1) is 9.83 Å². The molecule has 1 nitrogen and oxygen atoms in total. The molecule has 0 radical (unpaired) electrons. The van der Waals surface area contributed by atoms with Crippen LogP contribution in [0.1, 0.15) is 21.4 Å². The molecule has 0 fully saturated rings. The number of aryl methyl sites for hydroxylation is 1. The van der Waals surface area contributed by atoms with Gasteiger partial charge in [0, 0.05) is 19.2 Å². The van der Waals surface area contributed by atoms with Crippen molar-refractivity contribution in [3.8, 4) is 0 Å². The van der Waals surface area contributed by atoms with Gasteiger partial charge in [0.2, 0.25) is 0 Å². The van der Waals surface area contributed by atoms with Gasteiger partial charge in [0.1, 0.15) is 0 Å². The number of thiophene rings is 3. The van der Waals surface area contributed by atoms with E-state index in [2.05, 4.69) is 51.7 Å². The van der Waals surface area contributed by atoms with Gasteiger partial charge < -0.3 is 5.32 Å². The van der Waals surface area contributed by atoms with Gasteiger partial charge in [0.15, 0.2) is 0 Å². The highest BCUT2D eigenvalue weighted by Crippen LogP contribution is 2.39. The van der Waals surface area contributed by atoms with Gasteiger partial charge in [0.25, 0.3) is 0 Å². The van der Waals surface area contributed by atoms with E-state index in [1.165, 1.54) is 28.5 Å². The number of hydrogen-bond donors (Lipinski definition) is 1. The van der Waals surface area contributed by atoms with Crippen LogP contribution in [0.4, 0.5) is 0 Å². The van der Waals surface area contributed by atoms with Crippen molar-refractivity contribution in [3.05, 3.63) is 42.7 Å². The maximum atomic E-state index is 3.58. The van der Waals surface area contributed by atoms with Crippen LogP contribution in [-0.4, -0.2) is 7.05 Å². The first-order valence-corrected chi connectivity index (χ1v) is 8.89. The van der Waals surface area contributed by atoms with Crippen molar-refractivity contribution in [2.75, 3.05) is 7.05 Å². The second-order valence-electron chi connectivity index (χ2n) is 4.08. The summed E-state index contributed by atoms with van der Waals surface area (Å²) in [7, 11) is 2.03. The Kier molecular flexibility index (Phi) is 3.60. The molecule has 0 aliphatic carbocycles. The largest absolute Gasteiger partial charge is 0.309 e. The number of rotatable bonds is 3. The lowest BCUT2D eigenvalue weighted by molar-refractivity contribution is 0.703. The van der Waals surface area contributed by atoms with Gasteiger partial charge in [-0.3, -0.25) is 0 Å². The molecule has 0 saturated carbocycles. The van der Waals surface area contributed by atoms with E-state index in [4.69, 9.17) is 0 Å². The number of hydrogen-bond acceptors (Lipinski definition) is 4. The predicted molar refractivity (Wildman–Crippen MR) is 87.4 cm³/mol. The van der Waals surface area contributed by atoms with E-state index in [-0.39, 0.29) is 0 Å². The van der Waals surface area contributed by atoms with Gasteiger partial charge in [-0.25, -0.2) is 0 Å². The lowest BCUT2D eigenvalue weighted by atomic mass is 10.1. The normalized spacial score (nSPS) is 13.3. The van der Waals surface area contributed by atoms with Crippen molar-refractivity contribution in [1.82, 2.24) is 5.32 Å². The van der Waals surface area contributed by atoms with Crippen LogP contribution in [0.3, 0.4) is 0 Å². The molecule has 0 aliphatic heterocycles. The molecule has 3 aromatic rings. The summed E-state index contributed by atoms with van der Waals surface area (Å²) in [6.45, 7) is 2.19. The van der Waals surface area contributed by atoms with Crippen molar-refractivity contribution < 1.29 is 0 Å². The summed E-state index contributed by atoms with van der Waals surface area (Å²) in [5.41, 5.74) is 1.38. The molecule has 3 rings (SSSR count). The summed E-state index contributed by atoms with van der Waals surface area (Å²) in [5, 5.41) is 5.60. The van der Waals surface area contributed by atoms with E-state index in [1.807, 2.05) is 29.7 Å². The highest BCUT2D eigenvalue weighted by molar-refractivity contribution is 9.11. The second kappa shape index (κ2) is 5.06. The van der Waals surface area contributed by atoms with Crippen LogP contribution in [0, 0.1) is 6.92 Å². The van der Waals surface area contributed by atoms with Gasteiger partial charge in [-0.2, -0.15) is 0 Å². The Balaban J connectivity index is 2.06. The summed E-state index contributed by atoms with van der Waals surface area (Å²) in [6.07, 6.45) is 0. The Hall–Kier alpha value is -0.200. The van der Waals surface area contributed by atoms with Crippen molar-refractivity contribution in [2.45, 2.75) is 13.0 Å². The van der Waals surface area contributed by atoms with Crippen LogP contribution in [0.5, 0.6) is 0 Å². The summed E-state index contributed by atoms with van der Waals surface area (Å²) in [4.78, 5) is 2.77. The summed E-state index contributed by atoms with van der Waals surface area (Å²) >= 11 is 9.08. The smallest absolute Gasteiger partial charge is 0.0704 e. The molecule has 3 aromatic heterocycles. The average molecular weight is 358 g/mol. The third-order valence-corrected chi connectivity index (χ3v) is 6.70. The Morgan fingerprint density at radius 3 is 2.67 bits per heavy atom. The number of nitrogens with one attached hydrogen (secondary N) is 1. The van der Waals surface area contributed by atoms with Crippen LogP contribution in [0.25, 0.3) is 9.40 Å². The monoisotopic (exact) mass is 357 g/mol. The SMILES string of the molecule is CNC(c1cc2sccc2s1)c1cc(Br)sc1C. The maximum absolute atomic E-state index is 3.58. The first-order chi connectivity index (χ1) is 8.69. The minimum Gasteiger partial charge on any atom is -0.309 e. The molecule has 0 aromatic carbocycles. The molecule has 94 valence electrons. The molecule has 0 aliphatic rings. The lowest BCUT2D eigenvalue weighted by Crippen LogP contribution is -2.16. The molecule has 0 spiro atoms. The Morgan fingerprint density at radius 1 is 1.22 bits per heavy atom. The van der Waals surface area contributed by atoms with Gasteiger partial charge in [-0.15, -0.1) is 34.0 Å². The quantitative estimate of drug-likeness (QED) is 0.661. The zero-order valence-electron chi connectivity index (χ0n) is 9.99. The molecule has 0 bridgehead atoms. The predicted octanol–water partition coefficient (Wildman–Crippen LogP) is 5.40. The fourth-order valence-corrected chi connectivity index (χ4v) is 6.12. The molecular formula is C13H12BrNS3. The molecule has 18 heavy (non-hydrogen) atoms.